The van der Waals surface area contributed by atoms with Gasteiger partial charge in [-0.3, -0.25) is 4.98 Å². The molecule has 2 saturated heterocycles. The second-order valence-electron chi connectivity index (χ2n) is 6.13. The van der Waals surface area contributed by atoms with Crippen LogP contribution in [0.3, 0.4) is 0 Å². The van der Waals surface area contributed by atoms with Crippen LogP contribution in [-0.2, 0) is 21.6 Å². The van der Waals surface area contributed by atoms with Gasteiger partial charge in [-0.15, -0.1) is 0 Å². The molecule has 0 spiro atoms. The highest BCUT2D eigenvalue weighted by Gasteiger charge is 2.51. The number of hydrogen-bond acceptors (Lipinski definition) is 4. The lowest BCUT2D eigenvalue weighted by atomic mass is 9.80. The van der Waals surface area contributed by atoms with Crippen molar-refractivity contribution in [1.82, 2.24) is 4.98 Å². The fourth-order valence-electron chi connectivity index (χ4n) is 3.56. The summed E-state index contributed by atoms with van der Waals surface area (Å²) in [6.45, 7) is 0. The van der Waals surface area contributed by atoms with Gasteiger partial charge in [-0.05, 0) is 43.4 Å². The Labute approximate surface area is 126 Å². The summed E-state index contributed by atoms with van der Waals surface area (Å²) < 4.78 is 62.8. The van der Waals surface area contributed by atoms with Crippen LogP contribution in [-0.4, -0.2) is 29.0 Å². The topological polar surface area (TPSA) is 67.3 Å². The molecule has 0 aromatic carbocycles. The molecule has 3 heterocycles. The van der Waals surface area contributed by atoms with Gasteiger partial charge in [0.15, 0.2) is 9.84 Å². The van der Waals surface area contributed by atoms with Crippen molar-refractivity contribution in [2.75, 3.05) is 0 Å². The summed E-state index contributed by atoms with van der Waals surface area (Å²) in [5, 5.41) is 9.46. The van der Waals surface area contributed by atoms with Gasteiger partial charge in [0.05, 0.1) is 16.1 Å². The number of halogens is 3. The summed E-state index contributed by atoms with van der Waals surface area (Å²) in [7, 11) is -3.28. The number of nitrogens with zero attached hydrogens (tertiary/aromatic N) is 1. The average Bonchev–Trinajstić information content (AvgIpc) is 2.40. The number of aromatic nitrogens is 1. The van der Waals surface area contributed by atoms with Crippen molar-refractivity contribution in [3.05, 3.63) is 29.6 Å². The molecule has 122 valence electrons. The predicted octanol–water partition coefficient (Wildman–Crippen LogP) is 2.42. The van der Waals surface area contributed by atoms with Gasteiger partial charge in [0, 0.05) is 6.20 Å². The maximum Gasteiger partial charge on any atom is 0.433 e. The molecular weight excluding hydrogens is 319 g/mol. The van der Waals surface area contributed by atoms with Gasteiger partial charge in [-0.1, -0.05) is 6.42 Å². The highest BCUT2D eigenvalue weighted by atomic mass is 32.2. The van der Waals surface area contributed by atoms with Gasteiger partial charge in [-0.25, -0.2) is 8.42 Å². The molecule has 3 rings (SSSR count). The molecule has 2 fully saturated rings. The summed E-state index contributed by atoms with van der Waals surface area (Å²) in [6.07, 6.45) is -2.00. The Morgan fingerprint density at radius 2 is 1.82 bits per heavy atom. The number of pyridine rings is 1. The van der Waals surface area contributed by atoms with Crippen LogP contribution in [0.1, 0.15) is 43.4 Å². The van der Waals surface area contributed by atoms with Crippen LogP contribution >= 0.6 is 0 Å². The highest BCUT2D eigenvalue weighted by Crippen LogP contribution is 2.46. The van der Waals surface area contributed by atoms with E-state index in [4.69, 9.17) is 0 Å². The average molecular weight is 335 g/mol. The fourth-order valence-corrected chi connectivity index (χ4v) is 6.11. The molecular formula is C14H16F3NO3S. The standard InChI is InChI=1S/C14H16F3NO3S/c15-14(16,17)12-6-9(4-5-18-12)13(19)7-10-2-1-3-11(8-13)22(10,20)21/h4-6,10-11,19H,1-3,7-8H2. The molecule has 0 amide bonds. The molecule has 2 aliphatic rings. The third-order valence-electron chi connectivity index (χ3n) is 4.70. The van der Waals surface area contributed by atoms with E-state index in [9.17, 15) is 26.7 Å². The van der Waals surface area contributed by atoms with Gasteiger partial charge >= 0.3 is 6.18 Å². The van der Waals surface area contributed by atoms with Crippen LogP contribution in [0.4, 0.5) is 13.2 Å². The predicted molar refractivity (Wildman–Crippen MR) is 72.7 cm³/mol. The molecule has 0 saturated carbocycles. The second-order valence-corrected chi connectivity index (χ2v) is 8.64. The Balaban J connectivity index is 1.99. The number of rotatable bonds is 1. The Morgan fingerprint density at radius 1 is 1.23 bits per heavy atom. The molecule has 2 atom stereocenters. The number of fused-ring (bicyclic) bond motifs is 2. The molecule has 2 unspecified atom stereocenters. The van der Waals surface area contributed by atoms with Crippen molar-refractivity contribution < 1.29 is 26.7 Å². The SMILES string of the molecule is O=S1(=O)C2CCCC1CC(O)(c1ccnc(C(F)(F)F)c1)C2. The van der Waals surface area contributed by atoms with Crippen LogP contribution in [0.25, 0.3) is 0 Å². The fraction of sp³-hybridized carbons (Fsp3) is 0.643. The summed E-state index contributed by atoms with van der Waals surface area (Å²) in [4.78, 5) is 3.28. The first kappa shape index (κ1) is 15.7. The second kappa shape index (κ2) is 4.92. The van der Waals surface area contributed by atoms with E-state index in [1.54, 1.807) is 0 Å². The van der Waals surface area contributed by atoms with Crippen LogP contribution in [0, 0.1) is 0 Å². The maximum atomic E-state index is 12.8. The van der Waals surface area contributed by atoms with E-state index in [0.717, 1.165) is 18.7 Å². The van der Waals surface area contributed by atoms with Crippen molar-refractivity contribution in [2.45, 2.75) is 54.4 Å². The van der Waals surface area contributed by atoms with Crippen molar-refractivity contribution in [1.29, 1.82) is 0 Å². The molecule has 22 heavy (non-hydrogen) atoms. The first-order valence-electron chi connectivity index (χ1n) is 7.12. The van der Waals surface area contributed by atoms with Crippen LogP contribution in [0.15, 0.2) is 18.3 Å². The summed E-state index contributed by atoms with van der Waals surface area (Å²) in [6, 6.07) is 2.16. The Kier molecular flexibility index (Phi) is 3.52. The van der Waals surface area contributed by atoms with Crippen LogP contribution < -0.4 is 0 Å². The van der Waals surface area contributed by atoms with Gasteiger partial charge in [0.25, 0.3) is 0 Å². The lowest BCUT2D eigenvalue weighted by Crippen LogP contribution is -2.50. The quantitative estimate of drug-likeness (QED) is 0.856. The molecule has 2 bridgehead atoms. The molecule has 1 aromatic rings. The highest BCUT2D eigenvalue weighted by molar-refractivity contribution is 7.92. The van der Waals surface area contributed by atoms with E-state index in [0.29, 0.717) is 12.8 Å². The van der Waals surface area contributed by atoms with Crippen LogP contribution in [0.2, 0.25) is 0 Å². The van der Waals surface area contributed by atoms with E-state index in [2.05, 4.69) is 4.98 Å². The number of alkyl halides is 3. The van der Waals surface area contributed by atoms with E-state index in [-0.39, 0.29) is 18.4 Å². The monoisotopic (exact) mass is 335 g/mol. The van der Waals surface area contributed by atoms with Gasteiger partial charge in [0.2, 0.25) is 0 Å². The third-order valence-corrected chi connectivity index (χ3v) is 7.36. The van der Waals surface area contributed by atoms with Crippen molar-refractivity contribution in [3.8, 4) is 0 Å². The largest absolute Gasteiger partial charge is 0.433 e. The van der Waals surface area contributed by atoms with Crippen molar-refractivity contribution in [2.24, 2.45) is 0 Å². The normalized spacial score (nSPS) is 34.4. The van der Waals surface area contributed by atoms with Crippen molar-refractivity contribution >= 4 is 9.84 Å². The lowest BCUT2D eigenvalue weighted by molar-refractivity contribution is -0.141. The summed E-state index contributed by atoms with van der Waals surface area (Å²) in [5.74, 6) is 0. The van der Waals surface area contributed by atoms with Crippen molar-refractivity contribution in [3.63, 3.8) is 0 Å². The minimum Gasteiger partial charge on any atom is -0.385 e. The summed E-state index contributed by atoms with van der Waals surface area (Å²) >= 11 is 0. The van der Waals surface area contributed by atoms with Gasteiger partial charge in [0.1, 0.15) is 5.69 Å². The van der Waals surface area contributed by atoms with E-state index >= 15 is 0 Å². The minimum atomic E-state index is -4.59. The van der Waals surface area contributed by atoms with E-state index < -0.39 is 37.8 Å². The zero-order chi connectivity index (χ0) is 16.2. The molecule has 0 aliphatic carbocycles. The number of hydrogen-bond donors (Lipinski definition) is 1. The zero-order valence-corrected chi connectivity index (χ0v) is 12.5. The van der Waals surface area contributed by atoms with Gasteiger partial charge in [-0.2, -0.15) is 13.2 Å². The Morgan fingerprint density at radius 3 is 2.36 bits per heavy atom. The molecule has 8 heteroatoms. The lowest BCUT2D eigenvalue weighted by Gasteiger charge is -2.44. The molecule has 2 aliphatic heterocycles. The Bertz CT molecular complexity index is 667. The summed E-state index contributed by atoms with van der Waals surface area (Å²) in [5.41, 5.74) is -2.51. The molecule has 1 N–H and O–H groups in total. The smallest absolute Gasteiger partial charge is 0.385 e. The first-order chi connectivity index (χ1) is 10.1. The number of aliphatic hydroxyl groups is 1. The zero-order valence-electron chi connectivity index (χ0n) is 11.7. The molecule has 4 nitrogen and oxygen atoms in total. The van der Waals surface area contributed by atoms with Crippen LogP contribution in [0.5, 0.6) is 0 Å². The number of sulfone groups is 1. The first-order valence-corrected chi connectivity index (χ1v) is 8.73. The molecule has 1 aromatic heterocycles. The van der Waals surface area contributed by atoms with E-state index in [1.807, 2.05) is 0 Å². The van der Waals surface area contributed by atoms with Gasteiger partial charge < -0.3 is 5.11 Å². The maximum absolute atomic E-state index is 12.8. The third kappa shape index (κ3) is 2.52. The minimum absolute atomic E-state index is 0.0485. The Hall–Kier alpha value is -1.15. The van der Waals surface area contributed by atoms with E-state index in [1.165, 1.54) is 6.07 Å². The molecule has 0 radical (unpaired) electrons.